The van der Waals surface area contributed by atoms with E-state index in [9.17, 15) is 0 Å². The van der Waals surface area contributed by atoms with Crippen LogP contribution >= 0.6 is 0 Å². The highest BCUT2D eigenvalue weighted by Gasteiger charge is 2.38. The molecule has 0 aliphatic carbocycles. The quantitative estimate of drug-likeness (QED) is 0.121. The lowest BCUT2D eigenvalue weighted by atomic mass is 9.96. The van der Waals surface area contributed by atoms with Gasteiger partial charge in [-0.3, -0.25) is 19.9 Å². The van der Waals surface area contributed by atoms with Crippen LogP contribution in [0.25, 0.3) is 156 Å². The monoisotopic (exact) mass is 1200 g/mol. The number of benzene rings is 10. The van der Waals surface area contributed by atoms with Crippen molar-refractivity contribution in [2.24, 2.45) is 0 Å². The number of fused-ring (bicyclic) bond motifs is 6. The minimum Gasteiger partial charge on any atom is -0.309 e. The molecule has 11 heteroatoms. The van der Waals surface area contributed by atoms with Crippen LogP contribution in [-0.2, 0) is 6.18 Å². The summed E-state index contributed by atoms with van der Waals surface area (Å²) >= 11 is 0. The van der Waals surface area contributed by atoms with Gasteiger partial charge in [-0.25, -0.2) is 8.78 Å². The molecule has 0 spiro atoms. The molecule has 438 valence electrons. The highest BCUT2D eigenvalue weighted by atomic mass is 19.4. The van der Waals surface area contributed by atoms with Crippen LogP contribution in [-0.4, -0.2) is 29.1 Å². The molecule has 16 rings (SSSR count). The Bertz CT molecular complexity index is 5230. The van der Waals surface area contributed by atoms with E-state index in [-0.39, 0.29) is 16.9 Å². The van der Waals surface area contributed by atoms with E-state index in [1.54, 1.807) is 33.9 Å². The molecule has 0 saturated carbocycles. The van der Waals surface area contributed by atoms with Crippen LogP contribution in [0.3, 0.4) is 0 Å². The summed E-state index contributed by atoms with van der Waals surface area (Å²) < 4.78 is 90.2. The third-order valence-corrected chi connectivity index (χ3v) is 17.3. The van der Waals surface area contributed by atoms with E-state index < -0.39 is 28.9 Å². The van der Waals surface area contributed by atoms with Crippen LogP contribution in [0.5, 0.6) is 0 Å². The number of halogens is 5. The molecule has 16 aromatic rings. The van der Waals surface area contributed by atoms with Gasteiger partial charge >= 0.3 is 6.18 Å². The maximum absolute atomic E-state index is 17.4. The first-order valence-electron chi connectivity index (χ1n) is 30.0. The fourth-order valence-corrected chi connectivity index (χ4v) is 13.2. The molecule has 0 unspecified atom stereocenters. The van der Waals surface area contributed by atoms with Gasteiger partial charge in [0.05, 0.1) is 67.3 Å². The molecule has 0 N–H and O–H groups in total. The Labute approximate surface area is 525 Å². The molecule has 0 aliphatic rings. The maximum atomic E-state index is 17.4. The Balaban J connectivity index is 1.03. The van der Waals surface area contributed by atoms with Crippen LogP contribution in [0.2, 0.25) is 0 Å². The Hall–Kier alpha value is -12.0. The van der Waals surface area contributed by atoms with Crippen molar-refractivity contribution in [3.8, 4) is 112 Å². The molecule has 0 atom stereocenters. The van der Waals surface area contributed by atoms with Gasteiger partial charge in [0.1, 0.15) is 11.6 Å². The normalized spacial score (nSPS) is 11.8. The van der Waals surface area contributed by atoms with E-state index >= 15 is 22.0 Å². The Morgan fingerprint density at radius 3 is 0.870 bits per heavy atom. The highest BCUT2D eigenvalue weighted by molar-refractivity contribution is 6.14. The largest absolute Gasteiger partial charge is 0.418 e. The second kappa shape index (κ2) is 22.6. The van der Waals surface area contributed by atoms with Crippen LogP contribution < -0.4 is 0 Å². The van der Waals surface area contributed by atoms with Crippen molar-refractivity contribution in [2.45, 2.75) is 6.18 Å². The molecule has 6 aromatic heterocycles. The Morgan fingerprint density at radius 2 is 0.565 bits per heavy atom. The van der Waals surface area contributed by atoms with Gasteiger partial charge in [-0.05, 0) is 95.1 Å². The molecule has 0 bridgehead atoms. The first-order chi connectivity index (χ1) is 45.1. The van der Waals surface area contributed by atoms with E-state index in [4.69, 9.17) is 19.9 Å². The predicted molar refractivity (Wildman–Crippen MR) is 360 cm³/mol. The number of nitrogens with zero attached hydrogens (tertiary/aromatic N) is 6. The number of hydrogen-bond acceptors (Lipinski definition) is 4. The van der Waals surface area contributed by atoms with Crippen LogP contribution in [0.4, 0.5) is 22.0 Å². The number of aromatic nitrogens is 6. The van der Waals surface area contributed by atoms with Crippen molar-refractivity contribution in [1.82, 2.24) is 29.1 Å². The zero-order chi connectivity index (χ0) is 62.0. The lowest BCUT2D eigenvalue weighted by molar-refractivity contribution is -0.137. The smallest absolute Gasteiger partial charge is 0.309 e. The molecule has 0 fully saturated rings. The second-order valence-corrected chi connectivity index (χ2v) is 22.6. The molecule has 0 saturated heterocycles. The van der Waals surface area contributed by atoms with E-state index in [1.165, 1.54) is 12.1 Å². The van der Waals surface area contributed by atoms with Gasteiger partial charge in [-0.1, -0.05) is 200 Å². The van der Waals surface area contributed by atoms with Gasteiger partial charge in [-0.2, -0.15) is 13.2 Å². The molecule has 6 heterocycles. The van der Waals surface area contributed by atoms with Crippen LogP contribution in [0.15, 0.2) is 298 Å². The first-order valence-corrected chi connectivity index (χ1v) is 30.0. The minimum atomic E-state index is -5.09. The van der Waals surface area contributed by atoms with Crippen molar-refractivity contribution >= 4 is 43.6 Å². The number of rotatable bonds is 11. The van der Waals surface area contributed by atoms with Crippen molar-refractivity contribution in [3.05, 3.63) is 315 Å². The standard InChI is InChI=1S/C81H49F5N6/c82-68-30-13-31-69(83)76(68)66-48-75(92-72-46-56(60-28-16-42-89-79(60)52-22-9-3-10-23-52)34-38-64(72)65-39-35-57(47-73(65)92)61-29-17-43-90-80(61)53-24-11-4-12-25-53)67(81(84,85)86)49-74(66)91-70-44-54(58-26-14-40-87-77(58)50-18-5-1-6-19-50)32-36-62(70)63-37-33-55(45-71(63)91)59-27-15-41-88-78(59)51-20-7-2-8-21-51/h1-49H. The van der Waals surface area contributed by atoms with Crippen molar-refractivity contribution in [2.75, 3.05) is 0 Å². The average Bonchev–Trinajstić information content (AvgIpc) is 1.53. The predicted octanol–water partition coefficient (Wildman–Crippen LogP) is 21.8. The number of alkyl halides is 3. The fourth-order valence-electron chi connectivity index (χ4n) is 13.2. The molecule has 92 heavy (non-hydrogen) atoms. The lowest BCUT2D eigenvalue weighted by Crippen LogP contribution is -2.14. The molecular weight excluding hydrogens is 1150 g/mol. The summed E-state index contributed by atoms with van der Waals surface area (Å²) in [5.74, 6) is -1.93. The first kappa shape index (κ1) is 55.4. The van der Waals surface area contributed by atoms with Gasteiger partial charge in [0, 0.05) is 96.4 Å². The van der Waals surface area contributed by atoms with Gasteiger partial charge in [0.2, 0.25) is 0 Å². The van der Waals surface area contributed by atoms with E-state index in [0.717, 1.165) is 62.7 Å². The van der Waals surface area contributed by atoms with Gasteiger partial charge in [0.25, 0.3) is 0 Å². The summed E-state index contributed by atoms with van der Waals surface area (Å²) in [6.45, 7) is 0. The summed E-state index contributed by atoms with van der Waals surface area (Å²) in [5, 5.41) is 2.66. The van der Waals surface area contributed by atoms with E-state index in [2.05, 4.69) is 0 Å². The number of hydrogen-bond donors (Lipinski definition) is 0. The lowest BCUT2D eigenvalue weighted by Gasteiger charge is -2.23. The summed E-state index contributed by atoms with van der Waals surface area (Å²) in [6.07, 6.45) is 1.79. The minimum absolute atomic E-state index is 0.115. The van der Waals surface area contributed by atoms with Gasteiger partial charge < -0.3 is 9.13 Å². The summed E-state index contributed by atoms with van der Waals surface area (Å²) in [6, 6.07) is 83.3. The maximum Gasteiger partial charge on any atom is 0.418 e. The second-order valence-electron chi connectivity index (χ2n) is 22.6. The zero-order valence-electron chi connectivity index (χ0n) is 48.9. The number of pyridine rings is 4. The van der Waals surface area contributed by atoms with E-state index in [0.29, 0.717) is 88.6 Å². The molecule has 10 aromatic carbocycles. The van der Waals surface area contributed by atoms with Crippen molar-refractivity contribution in [3.63, 3.8) is 0 Å². The topological polar surface area (TPSA) is 61.4 Å². The average molecular weight is 1200 g/mol. The van der Waals surface area contributed by atoms with Gasteiger partial charge in [0.15, 0.2) is 0 Å². The molecule has 0 aliphatic heterocycles. The fraction of sp³-hybridized carbons (Fsp3) is 0.0123. The Kier molecular flexibility index (Phi) is 13.6. The summed E-state index contributed by atoms with van der Waals surface area (Å²) in [4.78, 5) is 19.4. The third-order valence-electron chi connectivity index (χ3n) is 17.3. The van der Waals surface area contributed by atoms with E-state index in [1.807, 2.05) is 243 Å². The summed E-state index contributed by atoms with van der Waals surface area (Å²) in [7, 11) is 0. The summed E-state index contributed by atoms with van der Waals surface area (Å²) in [5.41, 5.74) is 11.6. The zero-order valence-corrected chi connectivity index (χ0v) is 48.9. The van der Waals surface area contributed by atoms with Gasteiger partial charge in [-0.15, -0.1) is 0 Å². The molecule has 6 nitrogen and oxygen atoms in total. The molecule has 0 amide bonds. The SMILES string of the molecule is Fc1cccc(F)c1-c1cc(-n2c3cc(-c4cccnc4-c4ccccc4)ccc3c3ccc(-c4cccnc4-c4ccccc4)cc32)c(C(F)(F)F)cc1-n1c2cc(-c3cccnc3-c3ccccc3)ccc2c2ccc(-c3cccnc3-c3ccccc3)cc21. The Morgan fingerprint density at radius 1 is 0.261 bits per heavy atom. The highest BCUT2D eigenvalue weighted by Crippen LogP contribution is 2.49. The van der Waals surface area contributed by atoms with Crippen molar-refractivity contribution in [1.29, 1.82) is 0 Å². The van der Waals surface area contributed by atoms with Crippen molar-refractivity contribution < 1.29 is 22.0 Å². The molecular formula is C81H49F5N6. The van der Waals surface area contributed by atoms with Crippen LogP contribution in [0.1, 0.15) is 5.56 Å². The third kappa shape index (κ3) is 9.57. The van der Waals surface area contributed by atoms with Crippen LogP contribution in [0, 0.1) is 11.6 Å². The molecule has 0 radical (unpaired) electrons.